The maximum absolute atomic E-state index is 13.9. The maximum atomic E-state index is 13.9. The van der Waals surface area contributed by atoms with Crippen molar-refractivity contribution in [2.45, 2.75) is 52.0 Å². The smallest absolute Gasteiger partial charge is 0.127 e. The van der Waals surface area contributed by atoms with E-state index in [4.69, 9.17) is 5.11 Å². The maximum Gasteiger partial charge on any atom is 0.127 e. The largest absolute Gasteiger partial charge is 0.396 e. The van der Waals surface area contributed by atoms with Crippen LogP contribution in [0.2, 0.25) is 0 Å². The van der Waals surface area contributed by atoms with Crippen molar-refractivity contribution in [1.82, 2.24) is 9.78 Å². The van der Waals surface area contributed by atoms with E-state index in [2.05, 4.69) is 12.0 Å². The third-order valence-corrected chi connectivity index (χ3v) is 3.89. The number of aryl methyl sites for hydroxylation is 1. The summed E-state index contributed by atoms with van der Waals surface area (Å²) in [6, 6.07) is 5.15. The van der Waals surface area contributed by atoms with E-state index in [0.717, 1.165) is 24.1 Å². The fourth-order valence-electron chi connectivity index (χ4n) is 2.56. The molecule has 1 aromatic carbocycles. The Morgan fingerprint density at radius 3 is 2.68 bits per heavy atom. The van der Waals surface area contributed by atoms with E-state index in [9.17, 15) is 4.39 Å². The molecule has 1 N–H and O–H groups in total. The van der Waals surface area contributed by atoms with Gasteiger partial charge in [0, 0.05) is 24.9 Å². The molecule has 0 aliphatic rings. The van der Waals surface area contributed by atoms with Gasteiger partial charge in [-0.05, 0) is 30.0 Å². The van der Waals surface area contributed by atoms with E-state index >= 15 is 0 Å². The topological polar surface area (TPSA) is 38.0 Å². The van der Waals surface area contributed by atoms with Crippen molar-refractivity contribution < 1.29 is 9.50 Å². The first kappa shape index (κ1) is 16.7. The number of aliphatic hydroxyl groups excluding tert-OH is 1. The Hall–Kier alpha value is -1.68. The molecule has 0 unspecified atom stereocenters. The standard InChI is InChI=1S/C18H25FN2O/c1-2-3-4-5-6-10-21-14-17(13-20-21)16-8-7-15(9-11-22)18(19)12-16/h7-8,12-14,22H,2-6,9-11H2,1H3. The van der Waals surface area contributed by atoms with Crippen molar-refractivity contribution in [3.63, 3.8) is 0 Å². The van der Waals surface area contributed by atoms with Crippen LogP contribution in [0.3, 0.4) is 0 Å². The summed E-state index contributed by atoms with van der Waals surface area (Å²) in [5.41, 5.74) is 2.31. The molecule has 2 rings (SSSR count). The zero-order valence-electron chi connectivity index (χ0n) is 13.3. The van der Waals surface area contributed by atoms with Crippen molar-refractivity contribution in [2.24, 2.45) is 0 Å². The number of rotatable bonds is 9. The first-order chi connectivity index (χ1) is 10.7. The second-order valence-corrected chi connectivity index (χ2v) is 5.69. The molecule has 1 aromatic heterocycles. The Morgan fingerprint density at radius 1 is 1.14 bits per heavy atom. The molecule has 0 aliphatic carbocycles. The minimum atomic E-state index is -0.265. The molecule has 0 bridgehead atoms. The number of aliphatic hydroxyl groups is 1. The minimum absolute atomic E-state index is 0.0355. The molecule has 0 amide bonds. The van der Waals surface area contributed by atoms with Crippen LogP contribution in [-0.4, -0.2) is 21.5 Å². The molecule has 0 saturated carbocycles. The van der Waals surface area contributed by atoms with Gasteiger partial charge in [-0.25, -0.2) is 4.39 Å². The van der Waals surface area contributed by atoms with Gasteiger partial charge >= 0.3 is 0 Å². The van der Waals surface area contributed by atoms with Crippen LogP contribution >= 0.6 is 0 Å². The summed E-state index contributed by atoms with van der Waals surface area (Å²) in [4.78, 5) is 0. The number of aromatic nitrogens is 2. The van der Waals surface area contributed by atoms with E-state index in [1.807, 2.05) is 16.9 Å². The molecule has 0 atom stereocenters. The average Bonchev–Trinajstić information content (AvgIpc) is 2.98. The van der Waals surface area contributed by atoms with Gasteiger partial charge in [0.15, 0.2) is 0 Å². The molecule has 3 nitrogen and oxygen atoms in total. The molecule has 0 fully saturated rings. The summed E-state index contributed by atoms with van der Waals surface area (Å²) in [6.07, 6.45) is 10.3. The van der Waals surface area contributed by atoms with Gasteiger partial charge in [-0.1, -0.05) is 44.7 Å². The molecule has 0 saturated heterocycles. The molecular weight excluding hydrogens is 279 g/mol. The highest BCUT2D eigenvalue weighted by molar-refractivity contribution is 5.62. The van der Waals surface area contributed by atoms with Gasteiger partial charge in [-0.15, -0.1) is 0 Å². The first-order valence-corrected chi connectivity index (χ1v) is 8.16. The van der Waals surface area contributed by atoms with Gasteiger partial charge in [0.05, 0.1) is 6.20 Å². The zero-order chi connectivity index (χ0) is 15.8. The number of unbranched alkanes of at least 4 members (excludes halogenated alkanes) is 4. The van der Waals surface area contributed by atoms with Crippen LogP contribution in [0.15, 0.2) is 30.6 Å². The molecule has 120 valence electrons. The summed E-state index contributed by atoms with van der Waals surface area (Å²) in [5.74, 6) is -0.265. The number of hydrogen-bond acceptors (Lipinski definition) is 2. The summed E-state index contributed by atoms with van der Waals surface area (Å²) in [6.45, 7) is 3.09. The molecule has 0 radical (unpaired) electrons. The van der Waals surface area contributed by atoms with Crippen molar-refractivity contribution in [2.75, 3.05) is 6.61 Å². The van der Waals surface area contributed by atoms with Gasteiger partial charge in [0.2, 0.25) is 0 Å². The Labute approximate surface area is 131 Å². The van der Waals surface area contributed by atoms with Crippen LogP contribution < -0.4 is 0 Å². The number of halogens is 1. The first-order valence-electron chi connectivity index (χ1n) is 8.16. The van der Waals surface area contributed by atoms with Crippen molar-refractivity contribution in [1.29, 1.82) is 0 Å². The van der Waals surface area contributed by atoms with Crippen LogP contribution in [0.1, 0.15) is 44.6 Å². The van der Waals surface area contributed by atoms with E-state index in [1.165, 1.54) is 31.7 Å². The zero-order valence-corrected chi connectivity index (χ0v) is 13.3. The third kappa shape index (κ3) is 4.67. The van der Waals surface area contributed by atoms with Crippen LogP contribution in [0.5, 0.6) is 0 Å². The van der Waals surface area contributed by atoms with Crippen molar-refractivity contribution >= 4 is 0 Å². The lowest BCUT2D eigenvalue weighted by Gasteiger charge is -2.04. The lowest BCUT2D eigenvalue weighted by molar-refractivity contribution is 0.297. The van der Waals surface area contributed by atoms with Gasteiger partial charge < -0.3 is 5.11 Å². The summed E-state index contributed by atoms with van der Waals surface area (Å²) < 4.78 is 15.8. The molecular formula is C18H25FN2O. The Morgan fingerprint density at radius 2 is 1.95 bits per heavy atom. The fraction of sp³-hybridized carbons (Fsp3) is 0.500. The van der Waals surface area contributed by atoms with Crippen LogP contribution in [0, 0.1) is 5.82 Å². The average molecular weight is 304 g/mol. The highest BCUT2D eigenvalue weighted by Gasteiger charge is 2.07. The Bertz CT molecular complexity index is 580. The molecule has 0 aliphatic heterocycles. The summed E-state index contributed by atoms with van der Waals surface area (Å²) in [5, 5.41) is 13.2. The van der Waals surface area contributed by atoms with Crippen LogP contribution in [0.4, 0.5) is 4.39 Å². The van der Waals surface area contributed by atoms with Gasteiger partial charge in [0.25, 0.3) is 0 Å². The molecule has 22 heavy (non-hydrogen) atoms. The SMILES string of the molecule is CCCCCCCn1cc(-c2ccc(CCO)c(F)c2)cn1. The summed E-state index contributed by atoms with van der Waals surface area (Å²) >= 11 is 0. The van der Waals surface area contributed by atoms with Gasteiger partial charge in [-0.3, -0.25) is 4.68 Å². The molecule has 1 heterocycles. The fourth-order valence-corrected chi connectivity index (χ4v) is 2.56. The van der Waals surface area contributed by atoms with Crippen LogP contribution in [-0.2, 0) is 13.0 Å². The molecule has 2 aromatic rings. The minimum Gasteiger partial charge on any atom is -0.396 e. The lowest BCUT2D eigenvalue weighted by Crippen LogP contribution is -1.98. The highest BCUT2D eigenvalue weighted by Crippen LogP contribution is 2.22. The lowest BCUT2D eigenvalue weighted by atomic mass is 10.1. The summed E-state index contributed by atoms with van der Waals surface area (Å²) in [7, 11) is 0. The van der Waals surface area contributed by atoms with Gasteiger partial charge in [0.1, 0.15) is 5.82 Å². The Kier molecular flexibility index (Phi) is 6.59. The second-order valence-electron chi connectivity index (χ2n) is 5.69. The third-order valence-electron chi connectivity index (χ3n) is 3.89. The van der Waals surface area contributed by atoms with Crippen molar-refractivity contribution in [3.05, 3.63) is 42.0 Å². The monoisotopic (exact) mass is 304 g/mol. The predicted octanol–water partition coefficient (Wildman–Crippen LogP) is 4.19. The number of nitrogens with zero attached hydrogens (tertiary/aromatic N) is 2. The molecule has 4 heteroatoms. The Balaban J connectivity index is 1.94. The van der Waals surface area contributed by atoms with Crippen molar-refractivity contribution in [3.8, 4) is 11.1 Å². The van der Waals surface area contributed by atoms with E-state index in [1.54, 1.807) is 12.3 Å². The normalized spacial score (nSPS) is 11.0. The van der Waals surface area contributed by atoms with Crippen LogP contribution in [0.25, 0.3) is 11.1 Å². The van der Waals surface area contributed by atoms with E-state index < -0.39 is 0 Å². The quantitative estimate of drug-likeness (QED) is 0.705. The number of benzene rings is 1. The van der Waals surface area contributed by atoms with E-state index in [0.29, 0.717) is 12.0 Å². The van der Waals surface area contributed by atoms with Gasteiger partial charge in [-0.2, -0.15) is 5.10 Å². The highest BCUT2D eigenvalue weighted by atomic mass is 19.1. The number of hydrogen-bond donors (Lipinski definition) is 1. The second kappa shape index (κ2) is 8.69. The predicted molar refractivity (Wildman–Crippen MR) is 87.2 cm³/mol. The van der Waals surface area contributed by atoms with E-state index in [-0.39, 0.29) is 12.4 Å². The molecule has 0 spiro atoms.